The normalized spacial score (nSPS) is 11.0. The van der Waals surface area contributed by atoms with Gasteiger partial charge in [0.25, 0.3) is 11.6 Å². The number of aryl methyl sites for hydroxylation is 1. The van der Waals surface area contributed by atoms with Gasteiger partial charge in [-0.15, -0.1) is 11.3 Å². The van der Waals surface area contributed by atoms with Gasteiger partial charge in [0.05, 0.1) is 32.9 Å². The highest BCUT2D eigenvalue weighted by atomic mass is 35.5. The highest BCUT2D eigenvalue weighted by molar-refractivity contribution is 7.13. The third-order valence-corrected chi connectivity index (χ3v) is 4.94. The number of benzene rings is 1. The molecule has 0 bridgehead atoms. The maximum Gasteiger partial charge on any atom is 0.259 e. The molecule has 0 fully saturated rings. The molecular formula is C18H11ClFN3O2S. The standard InChI is InChI=1S/C18H11ClFN3O2S/c1-9-16-11(17(24)21-13-7-10(19)4-5-12(13)20)8-14(15-3-2-6-26-15)22-18(16)25-23-9/h2-8H,1H3,(H,21,24). The number of nitrogens with one attached hydrogen (secondary N) is 1. The molecule has 0 unspecified atom stereocenters. The first-order valence-electron chi connectivity index (χ1n) is 7.60. The summed E-state index contributed by atoms with van der Waals surface area (Å²) in [4.78, 5) is 18.2. The van der Waals surface area contributed by atoms with Crippen molar-refractivity contribution in [2.75, 3.05) is 5.32 Å². The van der Waals surface area contributed by atoms with E-state index in [9.17, 15) is 9.18 Å². The molecule has 0 aliphatic carbocycles. The van der Waals surface area contributed by atoms with Crippen molar-refractivity contribution in [3.8, 4) is 10.6 Å². The Morgan fingerprint density at radius 3 is 2.92 bits per heavy atom. The van der Waals surface area contributed by atoms with Crippen molar-refractivity contribution >= 4 is 45.6 Å². The van der Waals surface area contributed by atoms with Crippen molar-refractivity contribution < 1.29 is 13.7 Å². The molecule has 0 aliphatic rings. The third kappa shape index (κ3) is 2.95. The summed E-state index contributed by atoms with van der Waals surface area (Å²) in [5, 5.41) is 9.17. The van der Waals surface area contributed by atoms with Crippen LogP contribution in [0.5, 0.6) is 0 Å². The maximum atomic E-state index is 14.0. The Morgan fingerprint density at radius 2 is 2.15 bits per heavy atom. The molecule has 0 saturated heterocycles. The zero-order chi connectivity index (χ0) is 18.3. The second-order valence-corrected chi connectivity index (χ2v) is 6.94. The van der Waals surface area contributed by atoms with Crippen LogP contribution in [0, 0.1) is 12.7 Å². The molecule has 4 rings (SSSR count). The van der Waals surface area contributed by atoms with Crippen molar-refractivity contribution in [1.82, 2.24) is 10.1 Å². The third-order valence-electron chi connectivity index (χ3n) is 3.81. The molecule has 3 aromatic heterocycles. The predicted molar refractivity (Wildman–Crippen MR) is 99.2 cm³/mol. The molecule has 26 heavy (non-hydrogen) atoms. The lowest BCUT2D eigenvalue weighted by atomic mass is 10.1. The minimum Gasteiger partial charge on any atom is -0.335 e. The molecule has 0 atom stereocenters. The van der Waals surface area contributed by atoms with E-state index in [-0.39, 0.29) is 11.4 Å². The second kappa shape index (κ2) is 6.51. The molecule has 0 radical (unpaired) electrons. The summed E-state index contributed by atoms with van der Waals surface area (Å²) in [5.74, 6) is -1.07. The van der Waals surface area contributed by atoms with Crippen molar-refractivity contribution in [3.05, 3.63) is 63.9 Å². The number of hydrogen-bond donors (Lipinski definition) is 1. The summed E-state index contributed by atoms with van der Waals surface area (Å²) in [7, 11) is 0. The lowest BCUT2D eigenvalue weighted by molar-refractivity contribution is 0.102. The first kappa shape index (κ1) is 16.7. The number of hydrogen-bond acceptors (Lipinski definition) is 5. The molecule has 1 N–H and O–H groups in total. The monoisotopic (exact) mass is 387 g/mol. The number of anilines is 1. The number of rotatable bonds is 3. The number of amides is 1. The highest BCUT2D eigenvalue weighted by Crippen LogP contribution is 2.30. The van der Waals surface area contributed by atoms with Gasteiger partial charge < -0.3 is 9.84 Å². The summed E-state index contributed by atoms with van der Waals surface area (Å²) >= 11 is 7.38. The number of nitrogens with zero attached hydrogens (tertiary/aromatic N) is 2. The molecule has 5 nitrogen and oxygen atoms in total. The Hall–Kier alpha value is -2.77. The van der Waals surface area contributed by atoms with E-state index in [1.165, 1.54) is 29.5 Å². The van der Waals surface area contributed by atoms with Crippen LogP contribution in [0.2, 0.25) is 5.02 Å². The van der Waals surface area contributed by atoms with E-state index in [2.05, 4.69) is 15.5 Å². The number of carbonyl (C=O) groups is 1. The van der Waals surface area contributed by atoms with E-state index in [1.807, 2.05) is 17.5 Å². The van der Waals surface area contributed by atoms with Gasteiger partial charge in [0.1, 0.15) is 5.82 Å². The van der Waals surface area contributed by atoms with Crippen molar-refractivity contribution in [3.63, 3.8) is 0 Å². The van der Waals surface area contributed by atoms with E-state index in [0.717, 1.165) is 4.88 Å². The van der Waals surface area contributed by atoms with Gasteiger partial charge in [-0.05, 0) is 42.6 Å². The van der Waals surface area contributed by atoms with Gasteiger partial charge in [0, 0.05) is 5.02 Å². The van der Waals surface area contributed by atoms with Gasteiger partial charge in [-0.3, -0.25) is 4.79 Å². The number of thiophene rings is 1. The fourth-order valence-electron chi connectivity index (χ4n) is 2.61. The molecule has 130 valence electrons. The van der Waals surface area contributed by atoms with Gasteiger partial charge in [0.15, 0.2) is 0 Å². The minimum absolute atomic E-state index is 0.000701. The Morgan fingerprint density at radius 1 is 1.31 bits per heavy atom. The number of aromatic nitrogens is 2. The van der Waals surface area contributed by atoms with Crippen LogP contribution in [0.25, 0.3) is 21.7 Å². The molecule has 1 aromatic carbocycles. The van der Waals surface area contributed by atoms with E-state index < -0.39 is 11.7 Å². The van der Waals surface area contributed by atoms with Crippen LogP contribution < -0.4 is 5.32 Å². The van der Waals surface area contributed by atoms with E-state index in [4.69, 9.17) is 16.1 Å². The quantitative estimate of drug-likeness (QED) is 0.517. The van der Waals surface area contributed by atoms with Crippen LogP contribution in [0.3, 0.4) is 0 Å². The van der Waals surface area contributed by atoms with E-state index in [1.54, 1.807) is 13.0 Å². The predicted octanol–water partition coefficient (Wildman–Crippen LogP) is 5.30. The smallest absolute Gasteiger partial charge is 0.259 e. The average Bonchev–Trinajstić information content (AvgIpc) is 3.28. The van der Waals surface area contributed by atoms with Crippen LogP contribution in [0.1, 0.15) is 16.1 Å². The molecule has 0 spiro atoms. The number of halogens is 2. The SMILES string of the molecule is Cc1noc2nc(-c3cccs3)cc(C(=O)Nc3cc(Cl)ccc3F)c12. The molecule has 0 aliphatic heterocycles. The summed E-state index contributed by atoms with van der Waals surface area (Å²) in [6.45, 7) is 1.72. The largest absolute Gasteiger partial charge is 0.335 e. The summed E-state index contributed by atoms with van der Waals surface area (Å²) < 4.78 is 19.2. The Bertz CT molecular complexity index is 1130. The summed E-state index contributed by atoms with van der Waals surface area (Å²) in [6, 6.07) is 9.39. The maximum absolute atomic E-state index is 14.0. The van der Waals surface area contributed by atoms with Crippen LogP contribution in [0.15, 0.2) is 46.3 Å². The Balaban J connectivity index is 1.82. The zero-order valence-corrected chi connectivity index (χ0v) is 15.0. The van der Waals surface area contributed by atoms with Gasteiger partial charge in [0.2, 0.25) is 0 Å². The van der Waals surface area contributed by atoms with Gasteiger partial charge >= 0.3 is 0 Å². The summed E-state index contributed by atoms with van der Waals surface area (Å²) in [5.41, 5.74) is 1.67. The topological polar surface area (TPSA) is 68.0 Å². The first-order valence-corrected chi connectivity index (χ1v) is 8.86. The second-order valence-electron chi connectivity index (χ2n) is 5.56. The fraction of sp³-hybridized carbons (Fsp3) is 0.0556. The number of fused-ring (bicyclic) bond motifs is 1. The Labute approximate surface area is 156 Å². The van der Waals surface area contributed by atoms with Crippen molar-refractivity contribution in [2.45, 2.75) is 6.92 Å². The minimum atomic E-state index is -0.575. The molecule has 1 amide bonds. The summed E-state index contributed by atoms with van der Waals surface area (Å²) in [6.07, 6.45) is 0. The molecule has 3 heterocycles. The van der Waals surface area contributed by atoms with Gasteiger partial charge in [-0.2, -0.15) is 0 Å². The van der Waals surface area contributed by atoms with Crippen LogP contribution in [-0.4, -0.2) is 16.0 Å². The lowest BCUT2D eigenvalue weighted by Gasteiger charge is -2.09. The van der Waals surface area contributed by atoms with Gasteiger partial charge in [-0.1, -0.05) is 22.8 Å². The van der Waals surface area contributed by atoms with Crippen LogP contribution in [-0.2, 0) is 0 Å². The molecular weight excluding hydrogens is 377 g/mol. The zero-order valence-electron chi connectivity index (χ0n) is 13.4. The Kier molecular flexibility index (Phi) is 4.18. The molecule has 8 heteroatoms. The average molecular weight is 388 g/mol. The number of pyridine rings is 1. The van der Waals surface area contributed by atoms with E-state index in [0.29, 0.717) is 27.4 Å². The van der Waals surface area contributed by atoms with Crippen LogP contribution >= 0.6 is 22.9 Å². The van der Waals surface area contributed by atoms with Crippen molar-refractivity contribution in [1.29, 1.82) is 0 Å². The lowest BCUT2D eigenvalue weighted by Crippen LogP contribution is -2.14. The van der Waals surface area contributed by atoms with Crippen molar-refractivity contribution in [2.24, 2.45) is 0 Å². The van der Waals surface area contributed by atoms with Crippen LogP contribution in [0.4, 0.5) is 10.1 Å². The fourth-order valence-corrected chi connectivity index (χ4v) is 3.47. The first-order chi connectivity index (χ1) is 12.5. The van der Waals surface area contributed by atoms with Gasteiger partial charge in [-0.25, -0.2) is 9.37 Å². The molecule has 4 aromatic rings. The highest BCUT2D eigenvalue weighted by Gasteiger charge is 2.20. The molecule has 0 saturated carbocycles. The number of carbonyl (C=O) groups excluding carboxylic acids is 1. The van der Waals surface area contributed by atoms with E-state index >= 15 is 0 Å².